The third-order valence-electron chi connectivity index (χ3n) is 3.00. The summed E-state index contributed by atoms with van der Waals surface area (Å²) in [6.45, 7) is 0. The van der Waals surface area contributed by atoms with E-state index in [2.05, 4.69) is 15.9 Å². The van der Waals surface area contributed by atoms with Crippen LogP contribution < -0.4 is 0 Å². The molecule has 3 nitrogen and oxygen atoms in total. The first-order chi connectivity index (χ1) is 8.74. The molecular formula is C14H20BrNO2. The molecule has 1 rings (SSSR count). The maximum atomic E-state index is 10.5. The van der Waals surface area contributed by atoms with Gasteiger partial charge in [0, 0.05) is 17.5 Å². The lowest BCUT2D eigenvalue weighted by molar-refractivity contribution is -0.384. The van der Waals surface area contributed by atoms with Gasteiger partial charge in [0.1, 0.15) is 0 Å². The molecule has 1 aromatic carbocycles. The van der Waals surface area contributed by atoms with E-state index < -0.39 is 0 Å². The second-order valence-corrected chi connectivity index (χ2v) is 5.28. The van der Waals surface area contributed by atoms with Crippen LogP contribution in [-0.2, 0) is 6.42 Å². The van der Waals surface area contributed by atoms with Crippen LogP contribution in [0.3, 0.4) is 0 Å². The van der Waals surface area contributed by atoms with Gasteiger partial charge in [-0.1, -0.05) is 53.7 Å². The van der Waals surface area contributed by atoms with Crippen molar-refractivity contribution >= 4 is 21.6 Å². The highest BCUT2D eigenvalue weighted by molar-refractivity contribution is 9.09. The molecule has 0 aliphatic heterocycles. The minimum absolute atomic E-state index is 0.175. The third-order valence-corrected chi connectivity index (χ3v) is 3.56. The summed E-state index contributed by atoms with van der Waals surface area (Å²) in [4.78, 5) is 10.1. The first kappa shape index (κ1) is 15.2. The Hall–Kier alpha value is -0.900. The SMILES string of the molecule is O=[N+]([O-])c1ccc(CCCCCCCCBr)cc1. The van der Waals surface area contributed by atoms with Crippen LogP contribution in [-0.4, -0.2) is 10.3 Å². The average Bonchev–Trinajstić information content (AvgIpc) is 2.38. The van der Waals surface area contributed by atoms with Gasteiger partial charge in [0.15, 0.2) is 0 Å². The number of nitro benzene ring substituents is 1. The van der Waals surface area contributed by atoms with E-state index >= 15 is 0 Å². The van der Waals surface area contributed by atoms with Crippen molar-refractivity contribution in [2.45, 2.75) is 44.9 Å². The van der Waals surface area contributed by atoms with E-state index in [0.717, 1.165) is 11.8 Å². The highest BCUT2D eigenvalue weighted by atomic mass is 79.9. The molecule has 0 aliphatic carbocycles. The van der Waals surface area contributed by atoms with Gasteiger partial charge < -0.3 is 0 Å². The summed E-state index contributed by atoms with van der Waals surface area (Å²) < 4.78 is 0. The molecular weight excluding hydrogens is 294 g/mol. The Labute approximate surface area is 117 Å². The minimum Gasteiger partial charge on any atom is -0.258 e. The maximum absolute atomic E-state index is 10.5. The van der Waals surface area contributed by atoms with E-state index in [9.17, 15) is 10.1 Å². The van der Waals surface area contributed by atoms with Gasteiger partial charge in [-0.3, -0.25) is 10.1 Å². The van der Waals surface area contributed by atoms with Crippen LogP contribution in [0.25, 0.3) is 0 Å². The van der Waals surface area contributed by atoms with Gasteiger partial charge in [0.2, 0.25) is 0 Å². The standard InChI is InChI=1S/C14H20BrNO2/c15-12-6-4-2-1-3-5-7-13-8-10-14(11-9-13)16(17)18/h8-11H,1-7,12H2. The molecule has 0 aromatic heterocycles. The zero-order valence-corrected chi connectivity index (χ0v) is 12.2. The highest BCUT2D eigenvalue weighted by Gasteiger charge is 2.03. The van der Waals surface area contributed by atoms with Gasteiger partial charge in [0.25, 0.3) is 5.69 Å². The zero-order valence-electron chi connectivity index (χ0n) is 10.6. The monoisotopic (exact) mass is 313 g/mol. The van der Waals surface area contributed by atoms with Crippen LogP contribution in [0.2, 0.25) is 0 Å². The summed E-state index contributed by atoms with van der Waals surface area (Å²) in [6, 6.07) is 6.91. The Balaban J connectivity index is 2.14. The number of benzene rings is 1. The van der Waals surface area contributed by atoms with E-state index in [-0.39, 0.29) is 10.6 Å². The Morgan fingerprint density at radius 1 is 0.944 bits per heavy atom. The summed E-state index contributed by atoms with van der Waals surface area (Å²) in [5.41, 5.74) is 1.37. The first-order valence-electron chi connectivity index (χ1n) is 6.53. The molecule has 0 aliphatic rings. The van der Waals surface area contributed by atoms with Gasteiger partial charge in [-0.15, -0.1) is 0 Å². The lowest BCUT2D eigenvalue weighted by Gasteiger charge is -2.02. The Morgan fingerprint density at radius 2 is 1.50 bits per heavy atom. The lowest BCUT2D eigenvalue weighted by Crippen LogP contribution is -1.90. The number of alkyl halides is 1. The number of hydrogen-bond donors (Lipinski definition) is 0. The third kappa shape index (κ3) is 6.15. The van der Waals surface area contributed by atoms with Crippen molar-refractivity contribution in [1.29, 1.82) is 0 Å². The predicted octanol–water partition coefficient (Wildman–Crippen LogP) is 4.87. The molecule has 18 heavy (non-hydrogen) atoms. The molecule has 0 radical (unpaired) electrons. The fourth-order valence-electron chi connectivity index (χ4n) is 1.92. The van der Waals surface area contributed by atoms with Gasteiger partial charge in [-0.05, 0) is 24.8 Å². The fraction of sp³-hybridized carbons (Fsp3) is 0.571. The van der Waals surface area contributed by atoms with Crippen molar-refractivity contribution in [2.24, 2.45) is 0 Å². The predicted molar refractivity (Wildman–Crippen MR) is 78.3 cm³/mol. The van der Waals surface area contributed by atoms with Crippen LogP contribution >= 0.6 is 15.9 Å². The van der Waals surface area contributed by atoms with Crippen molar-refractivity contribution < 1.29 is 4.92 Å². The number of rotatable bonds is 9. The van der Waals surface area contributed by atoms with Gasteiger partial charge >= 0.3 is 0 Å². The molecule has 0 amide bonds. The molecule has 0 bridgehead atoms. The number of aryl methyl sites for hydroxylation is 1. The highest BCUT2D eigenvalue weighted by Crippen LogP contribution is 2.14. The van der Waals surface area contributed by atoms with Crippen molar-refractivity contribution in [3.05, 3.63) is 39.9 Å². The van der Waals surface area contributed by atoms with Crippen molar-refractivity contribution in [3.63, 3.8) is 0 Å². The quantitative estimate of drug-likeness (QED) is 0.282. The van der Waals surface area contributed by atoms with Gasteiger partial charge in [0.05, 0.1) is 4.92 Å². The molecule has 0 N–H and O–H groups in total. The number of non-ortho nitro benzene ring substituents is 1. The summed E-state index contributed by atoms with van der Waals surface area (Å²) in [5.74, 6) is 0. The number of nitro groups is 1. The summed E-state index contributed by atoms with van der Waals surface area (Å²) in [6.07, 6.45) is 8.62. The molecule has 0 saturated carbocycles. The number of unbranched alkanes of at least 4 members (excludes halogenated alkanes) is 5. The molecule has 0 atom stereocenters. The summed E-state index contributed by atoms with van der Waals surface area (Å²) in [7, 11) is 0. The molecule has 0 spiro atoms. The van der Waals surface area contributed by atoms with Crippen LogP contribution in [0.4, 0.5) is 5.69 Å². The molecule has 0 heterocycles. The Morgan fingerprint density at radius 3 is 2.06 bits per heavy atom. The molecule has 1 aromatic rings. The van der Waals surface area contributed by atoms with E-state index in [1.165, 1.54) is 44.1 Å². The molecule has 0 saturated heterocycles. The van der Waals surface area contributed by atoms with E-state index in [1.807, 2.05) is 12.1 Å². The molecule has 4 heteroatoms. The molecule has 100 valence electrons. The van der Waals surface area contributed by atoms with Crippen LogP contribution in [0.5, 0.6) is 0 Å². The lowest BCUT2D eigenvalue weighted by atomic mass is 10.0. The minimum atomic E-state index is -0.354. The molecule has 0 unspecified atom stereocenters. The van der Waals surface area contributed by atoms with E-state index in [1.54, 1.807) is 12.1 Å². The second kappa shape index (κ2) is 9.09. The summed E-state index contributed by atoms with van der Waals surface area (Å²) in [5, 5.41) is 11.6. The number of halogens is 1. The normalized spacial score (nSPS) is 10.5. The van der Waals surface area contributed by atoms with Crippen molar-refractivity contribution in [1.82, 2.24) is 0 Å². The van der Waals surface area contributed by atoms with Gasteiger partial charge in [-0.25, -0.2) is 0 Å². The Bertz CT molecular complexity index is 351. The van der Waals surface area contributed by atoms with Crippen LogP contribution in [0.15, 0.2) is 24.3 Å². The van der Waals surface area contributed by atoms with Crippen molar-refractivity contribution in [3.8, 4) is 0 Å². The topological polar surface area (TPSA) is 43.1 Å². The molecule has 0 fully saturated rings. The van der Waals surface area contributed by atoms with Crippen LogP contribution in [0.1, 0.15) is 44.1 Å². The van der Waals surface area contributed by atoms with E-state index in [0.29, 0.717) is 0 Å². The number of nitrogens with zero attached hydrogens (tertiary/aromatic N) is 1. The largest absolute Gasteiger partial charge is 0.269 e. The first-order valence-corrected chi connectivity index (χ1v) is 7.65. The van der Waals surface area contributed by atoms with E-state index in [4.69, 9.17) is 0 Å². The maximum Gasteiger partial charge on any atom is 0.269 e. The number of hydrogen-bond acceptors (Lipinski definition) is 2. The second-order valence-electron chi connectivity index (χ2n) is 4.48. The van der Waals surface area contributed by atoms with Crippen molar-refractivity contribution in [2.75, 3.05) is 5.33 Å². The average molecular weight is 314 g/mol. The van der Waals surface area contributed by atoms with Crippen LogP contribution in [0, 0.1) is 10.1 Å². The van der Waals surface area contributed by atoms with Gasteiger partial charge in [-0.2, -0.15) is 0 Å². The zero-order chi connectivity index (χ0) is 13.2. The summed E-state index contributed by atoms with van der Waals surface area (Å²) >= 11 is 3.43. The Kier molecular flexibility index (Phi) is 7.65. The fourth-order valence-corrected chi connectivity index (χ4v) is 2.31. The smallest absolute Gasteiger partial charge is 0.258 e.